The molecule has 4 aliphatic rings. The molecule has 5 rings (SSSR count). The zero-order valence-electron chi connectivity index (χ0n) is 16.1. The number of primary amides is 1. The number of nitrogens with zero attached hydrogens (tertiary/aromatic N) is 1. The highest BCUT2D eigenvalue weighted by molar-refractivity contribution is 7.09. The number of thiophene rings is 1. The molecule has 3 fully saturated rings. The first kappa shape index (κ1) is 18.8. The van der Waals surface area contributed by atoms with Crippen LogP contribution in [0, 0.1) is 11.8 Å². The minimum atomic E-state index is -1.11. The van der Waals surface area contributed by atoms with Gasteiger partial charge in [-0.2, -0.15) is 0 Å². The van der Waals surface area contributed by atoms with Gasteiger partial charge >= 0.3 is 0 Å². The van der Waals surface area contributed by atoms with Gasteiger partial charge in [-0.3, -0.25) is 14.4 Å². The van der Waals surface area contributed by atoms with Gasteiger partial charge in [0.2, 0.25) is 17.7 Å². The molecule has 1 aromatic rings. The Bertz CT molecular complexity index is 863. The summed E-state index contributed by atoms with van der Waals surface area (Å²) in [6.07, 6.45) is 8.38. The molecule has 2 saturated heterocycles. The van der Waals surface area contributed by atoms with E-state index in [1.54, 1.807) is 11.0 Å². The number of nitrogens with two attached hydrogens (primary N) is 1. The zero-order valence-corrected chi connectivity index (χ0v) is 16.9. The molecular formula is C21H25N3O4S. The van der Waals surface area contributed by atoms with Crippen molar-refractivity contribution in [2.75, 3.05) is 0 Å². The fraction of sp³-hybridized carbons (Fsp3) is 0.571. The van der Waals surface area contributed by atoms with Gasteiger partial charge in [0.25, 0.3) is 0 Å². The lowest BCUT2D eigenvalue weighted by Crippen LogP contribution is -2.56. The quantitative estimate of drug-likeness (QED) is 0.709. The molecule has 8 heteroatoms. The number of hydrogen-bond donors (Lipinski definition) is 2. The van der Waals surface area contributed by atoms with Crippen LogP contribution in [0.25, 0.3) is 0 Å². The van der Waals surface area contributed by atoms with Crippen molar-refractivity contribution in [3.8, 4) is 0 Å². The highest BCUT2D eigenvalue weighted by atomic mass is 32.1. The Balaban J connectivity index is 1.49. The molecule has 3 N–H and O–H groups in total. The molecule has 0 radical (unpaired) electrons. The first-order valence-corrected chi connectivity index (χ1v) is 11.2. The molecule has 0 unspecified atom stereocenters. The Labute approximate surface area is 173 Å². The van der Waals surface area contributed by atoms with Crippen LogP contribution in [0.4, 0.5) is 0 Å². The lowest BCUT2D eigenvalue weighted by Gasteiger charge is -2.34. The molecule has 29 heavy (non-hydrogen) atoms. The molecular weight excluding hydrogens is 390 g/mol. The third kappa shape index (κ3) is 2.84. The summed E-state index contributed by atoms with van der Waals surface area (Å²) in [6.45, 7) is 0.324. The maximum atomic E-state index is 13.5. The van der Waals surface area contributed by atoms with Crippen LogP contribution >= 0.6 is 11.3 Å². The number of hydrogen-bond acceptors (Lipinski definition) is 5. The Morgan fingerprint density at radius 1 is 1.31 bits per heavy atom. The molecule has 1 aromatic heterocycles. The van der Waals surface area contributed by atoms with Crippen molar-refractivity contribution in [1.82, 2.24) is 10.2 Å². The van der Waals surface area contributed by atoms with E-state index in [4.69, 9.17) is 10.5 Å². The number of carbonyl (C=O) groups excluding carboxylic acids is 3. The molecule has 1 saturated carbocycles. The van der Waals surface area contributed by atoms with Crippen molar-refractivity contribution in [2.24, 2.45) is 17.6 Å². The molecule has 1 spiro atoms. The van der Waals surface area contributed by atoms with Crippen LogP contribution in [0.2, 0.25) is 0 Å². The summed E-state index contributed by atoms with van der Waals surface area (Å²) in [5, 5.41) is 5.11. The van der Waals surface area contributed by atoms with E-state index in [2.05, 4.69) is 5.32 Å². The van der Waals surface area contributed by atoms with Gasteiger partial charge in [0.05, 0.1) is 24.5 Å². The van der Waals surface area contributed by atoms with Crippen LogP contribution in [-0.2, 0) is 25.7 Å². The smallest absolute Gasteiger partial charge is 0.246 e. The van der Waals surface area contributed by atoms with Gasteiger partial charge in [-0.1, -0.05) is 37.5 Å². The molecule has 5 atom stereocenters. The highest BCUT2D eigenvalue weighted by Crippen LogP contribution is 2.55. The summed E-state index contributed by atoms with van der Waals surface area (Å²) in [5.74, 6) is -2.44. The lowest BCUT2D eigenvalue weighted by molar-refractivity contribution is -0.142. The van der Waals surface area contributed by atoms with Gasteiger partial charge in [-0.05, 0) is 24.3 Å². The molecule has 3 amide bonds. The monoisotopic (exact) mass is 415 g/mol. The van der Waals surface area contributed by atoms with E-state index in [9.17, 15) is 14.4 Å². The summed E-state index contributed by atoms with van der Waals surface area (Å²) >= 11 is 1.54. The summed E-state index contributed by atoms with van der Waals surface area (Å²) < 4.78 is 6.17. The van der Waals surface area contributed by atoms with Gasteiger partial charge in [0, 0.05) is 10.9 Å². The van der Waals surface area contributed by atoms with E-state index in [1.165, 1.54) is 17.8 Å². The van der Waals surface area contributed by atoms with Gasteiger partial charge in [0.15, 0.2) is 0 Å². The summed E-state index contributed by atoms with van der Waals surface area (Å²) in [6, 6.07) is 3.19. The summed E-state index contributed by atoms with van der Waals surface area (Å²) in [7, 11) is 0. The van der Waals surface area contributed by atoms with Crippen LogP contribution in [0.15, 0.2) is 29.7 Å². The fourth-order valence-corrected chi connectivity index (χ4v) is 6.26. The lowest BCUT2D eigenvalue weighted by atomic mass is 9.74. The molecule has 4 heterocycles. The maximum absolute atomic E-state index is 13.5. The number of likely N-dealkylation sites (tertiary alicyclic amines) is 1. The molecule has 154 valence electrons. The summed E-state index contributed by atoms with van der Waals surface area (Å²) in [5.41, 5.74) is 4.52. The Hall–Kier alpha value is -2.19. The van der Waals surface area contributed by atoms with Gasteiger partial charge in [-0.15, -0.1) is 11.3 Å². The van der Waals surface area contributed by atoms with Crippen molar-refractivity contribution < 1.29 is 19.1 Å². The number of amides is 3. The third-order valence-electron chi connectivity index (χ3n) is 6.81. The van der Waals surface area contributed by atoms with Crippen LogP contribution in [-0.4, -0.2) is 46.4 Å². The normalized spacial score (nSPS) is 35.9. The molecule has 0 aromatic carbocycles. The average molecular weight is 416 g/mol. The van der Waals surface area contributed by atoms with E-state index in [1.807, 2.05) is 23.6 Å². The van der Waals surface area contributed by atoms with Gasteiger partial charge < -0.3 is 20.7 Å². The largest absolute Gasteiger partial charge is 0.369 e. The highest BCUT2D eigenvalue weighted by Gasteiger charge is 2.72. The first-order chi connectivity index (χ1) is 14.0. The van der Waals surface area contributed by atoms with Crippen molar-refractivity contribution in [3.63, 3.8) is 0 Å². The number of nitrogens with one attached hydrogen (secondary N) is 1. The van der Waals surface area contributed by atoms with Crippen LogP contribution in [0.5, 0.6) is 0 Å². The first-order valence-electron chi connectivity index (χ1n) is 10.3. The van der Waals surface area contributed by atoms with Crippen LogP contribution in [0.3, 0.4) is 0 Å². The molecule has 1 aliphatic carbocycles. The fourth-order valence-electron chi connectivity index (χ4n) is 5.56. The third-order valence-corrected chi connectivity index (χ3v) is 7.67. The summed E-state index contributed by atoms with van der Waals surface area (Å²) in [4.78, 5) is 41.6. The van der Waals surface area contributed by atoms with E-state index in [-0.39, 0.29) is 17.9 Å². The predicted octanol–water partition coefficient (Wildman–Crippen LogP) is 1.33. The second kappa shape index (κ2) is 6.95. The van der Waals surface area contributed by atoms with Crippen molar-refractivity contribution in [1.29, 1.82) is 0 Å². The maximum Gasteiger partial charge on any atom is 0.246 e. The minimum absolute atomic E-state index is 0.125. The Kier molecular flexibility index (Phi) is 4.51. The van der Waals surface area contributed by atoms with Crippen molar-refractivity contribution in [3.05, 3.63) is 34.5 Å². The second-order valence-corrected chi connectivity index (χ2v) is 9.52. The van der Waals surface area contributed by atoms with Crippen molar-refractivity contribution in [2.45, 2.75) is 62.4 Å². The van der Waals surface area contributed by atoms with Gasteiger partial charge in [-0.25, -0.2) is 0 Å². The molecule has 7 nitrogen and oxygen atoms in total. The molecule has 3 aliphatic heterocycles. The molecule has 2 bridgehead atoms. The van der Waals surface area contributed by atoms with Crippen LogP contribution < -0.4 is 11.1 Å². The topological polar surface area (TPSA) is 102 Å². The van der Waals surface area contributed by atoms with Gasteiger partial charge in [0.1, 0.15) is 11.6 Å². The zero-order chi connectivity index (χ0) is 20.2. The Morgan fingerprint density at radius 2 is 2.10 bits per heavy atom. The van der Waals surface area contributed by atoms with Crippen LogP contribution in [0.1, 0.15) is 37.0 Å². The van der Waals surface area contributed by atoms with Crippen molar-refractivity contribution >= 4 is 29.1 Å². The second-order valence-electron chi connectivity index (χ2n) is 8.49. The van der Waals surface area contributed by atoms with E-state index >= 15 is 0 Å². The van der Waals surface area contributed by atoms with E-state index in [0.717, 1.165) is 30.6 Å². The average Bonchev–Trinajstić information content (AvgIpc) is 3.45. The Morgan fingerprint density at radius 3 is 2.79 bits per heavy atom. The van der Waals surface area contributed by atoms with E-state index < -0.39 is 35.5 Å². The number of carbonyl (C=O) groups is 3. The number of ether oxygens (including phenoxy) is 1. The number of fused-ring (bicyclic) bond motifs is 1. The predicted molar refractivity (Wildman–Crippen MR) is 107 cm³/mol. The number of rotatable bonds is 5. The minimum Gasteiger partial charge on any atom is -0.369 e. The van der Waals surface area contributed by atoms with E-state index in [0.29, 0.717) is 6.54 Å². The standard InChI is InChI=1S/C21H25N3O4S/c22-18(25)15-14-8-9-21(28-14)16(15)20(27)24(11-13-7-4-10-29-13)17(21)19(26)23-12-5-2-1-3-6-12/h4,7-10,12,14-17H,1-3,5-6,11H2,(H2,22,25)(H,23,26)/t14-,15+,16+,17+,21+/m1/s1. The SMILES string of the molecule is NC(=O)[C@@H]1[C@H]2C(=O)N(Cc3cccs3)[C@@H](C(=O)NC3CCCCC3)[C@]23C=C[C@H]1O3.